The summed E-state index contributed by atoms with van der Waals surface area (Å²) in [6.45, 7) is 6.87. The van der Waals surface area contributed by atoms with Gasteiger partial charge in [0, 0.05) is 24.8 Å². The summed E-state index contributed by atoms with van der Waals surface area (Å²) < 4.78 is 0. The van der Waals surface area contributed by atoms with Crippen LogP contribution in [0.2, 0.25) is 0 Å². The zero-order valence-corrected chi connectivity index (χ0v) is 11.8. The number of nitrogens with two attached hydrogens (primary N) is 1. The van der Waals surface area contributed by atoms with Gasteiger partial charge in [-0.3, -0.25) is 4.90 Å². The molecule has 1 unspecified atom stereocenters. The molecule has 100 valence electrons. The van der Waals surface area contributed by atoms with Gasteiger partial charge in [0.2, 0.25) is 0 Å². The molecular formula is C16H26N2. The third-order valence-electron chi connectivity index (χ3n) is 4.18. The molecule has 0 saturated heterocycles. The lowest BCUT2D eigenvalue weighted by Crippen LogP contribution is -2.37. The molecule has 0 amide bonds. The highest BCUT2D eigenvalue weighted by atomic mass is 15.2. The summed E-state index contributed by atoms with van der Waals surface area (Å²) in [4.78, 5) is 2.61. The van der Waals surface area contributed by atoms with Crippen molar-refractivity contribution in [2.75, 3.05) is 12.3 Å². The van der Waals surface area contributed by atoms with Crippen LogP contribution in [0, 0.1) is 0 Å². The van der Waals surface area contributed by atoms with Crippen molar-refractivity contribution in [3.05, 3.63) is 29.3 Å². The Bertz CT molecular complexity index is 387. The quantitative estimate of drug-likeness (QED) is 0.635. The van der Waals surface area contributed by atoms with Crippen molar-refractivity contribution in [3.8, 4) is 0 Å². The normalized spacial score (nSPS) is 17.4. The van der Waals surface area contributed by atoms with E-state index >= 15 is 0 Å². The minimum atomic E-state index is 0.700. The van der Waals surface area contributed by atoms with Crippen molar-refractivity contribution in [1.82, 2.24) is 4.90 Å². The minimum Gasteiger partial charge on any atom is -0.398 e. The van der Waals surface area contributed by atoms with Crippen LogP contribution in [-0.4, -0.2) is 17.5 Å². The molecule has 1 heterocycles. The molecule has 0 aromatic heterocycles. The zero-order valence-electron chi connectivity index (χ0n) is 11.8. The van der Waals surface area contributed by atoms with Gasteiger partial charge in [0.15, 0.2) is 0 Å². The van der Waals surface area contributed by atoms with E-state index in [2.05, 4.69) is 30.9 Å². The van der Waals surface area contributed by atoms with Crippen molar-refractivity contribution in [2.24, 2.45) is 0 Å². The monoisotopic (exact) mass is 246 g/mol. The molecule has 2 heteroatoms. The van der Waals surface area contributed by atoms with Crippen LogP contribution < -0.4 is 5.73 Å². The molecule has 0 spiro atoms. The largest absolute Gasteiger partial charge is 0.398 e. The van der Waals surface area contributed by atoms with E-state index in [-0.39, 0.29) is 0 Å². The summed E-state index contributed by atoms with van der Waals surface area (Å²) in [6.07, 6.45) is 6.47. The van der Waals surface area contributed by atoms with Gasteiger partial charge in [-0.2, -0.15) is 0 Å². The summed E-state index contributed by atoms with van der Waals surface area (Å²) in [5, 5.41) is 0. The Morgan fingerprint density at radius 1 is 1.33 bits per heavy atom. The van der Waals surface area contributed by atoms with Crippen molar-refractivity contribution < 1.29 is 0 Å². The van der Waals surface area contributed by atoms with Crippen molar-refractivity contribution in [3.63, 3.8) is 0 Å². The van der Waals surface area contributed by atoms with Crippen LogP contribution in [0.5, 0.6) is 0 Å². The SMILES string of the molecule is CCCCCC(C)N1CCc2c(N)cccc2C1. The number of anilines is 1. The van der Waals surface area contributed by atoms with Crippen molar-refractivity contribution in [1.29, 1.82) is 0 Å². The predicted molar refractivity (Wildman–Crippen MR) is 78.6 cm³/mol. The Balaban J connectivity index is 1.95. The predicted octanol–water partition coefficient (Wildman–Crippen LogP) is 3.60. The second-order valence-corrected chi connectivity index (χ2v) is 5.55. The van der Waals surface area contributed by atoms with E-state index in [9.17, 15) is 0 Å². The van der Waals surface area contributed by atoms with Crippen molar-refractivity contribution >= 4 is 5.69 Å². The molecule has 1 aliphatic heterocycles. The number of nitrogen functional groups attached to an aromatic ring is 1. The molecule has 0 radical (unpaired) electrons. The Labute approximate surface area is 111 Å². The first-order valence-electron chi connectivity index (χ1n) is 7.32. The molecule has 2 N–H and O–H groups in total. The fourth-order valence-electron chi connectivity index (χ4n) is 2.91. The molecule has 0 bridgehead atoms. The maximum Gasteiger partial charge on any atom is 0.0350 e. The fourth-order valence-corrected chi connectivity index (χ4v) is 2.91. The van der Waals surface area contributed by atoms with E-state index < -0.39 is 0 Å². The third-order valence-corrected chi connectivity index (χ3v) is 4.18. The summed E-state index contributed by atoms with van der Waals surface area (Å²) in [5.41, 5.74) is 9.84. The first kappa shape index (κ1) is 13.4. The topological polar surface area (TPSA) is 29.3 Å². The molecule has 1 atom stereocenters. The first-order valence-corrected chi connectivity index (χ1v) is 7.32. The second-order valence-electron chi connectivity index (χ2n) is 5.55. The van der Waals surface area contributed by atoms with Crippen molar-refractivity contribution in [2.45, 2.75) is 58.5 Å². The van der Waals surface area contributed by atoms with Crippen LogP contribution >= 0.6 is 0 Å². The molecule has 2 nitrogen and oxygen atoms in total. The van der Waals surface area contributed by atoms with Crippen LogP contribution in [-0.2, 0) is 13.0 Å². The number of rotatable bonds is 5. The minimum absolute atomic E-state index is 0.700. The van der Waals surface area contributed by atoms with Gasteiger partial charge in [0.05, 0.1) is 0 Å². The molecule has 1 aromatic rings. The maximum absolute atomic E-state index is 6.04. The van der Waals surface area contributed by atoms with Gasteiger partial charge in [-0.15, -0.1) is 0 Å². The Morgan fingerprint density at radius 2 is 2.17 bits per heavy atom. The molecule has 1 aliphatic rings. The van der Waals surface area contributed by atoms with Gasteiger partial charge in [0.1, 0.15) is 0 Å². The van der Waals surface area contributed by atoms with E-state index in [0.29, 0.717) is 6.04 Å². The second kappa shape index (κ2) is 6.24. The summed E-state index contributed by atoms with van der Waals surface area (Å²) in [6, 6.07) is 7.04. The van der Waals surface area contributed by atoms with Gasteiger partial charge in [-0.25, -0.2) is 0 Å². The number of unbranched alkanes of at least 4 members (excludes halogenated alkanes) is 2. The van der Waals surface area contributed by atoms with E-state index in [1.807, 2.05) is 6.07 Å². The van der Waals surface area contributed by atoms with E-state index in [1.54, 1.807) is 0 Å². The number of hydrogen-bond acceptors (Lipinski definition) is 2. The van der Waals surface area contributed by atoms with Crippen LogP contribution in [0.4, 0.5) is 5.69 Å². The molecule has 1 aromatic carbocycles. The Hall–Kier alpha value is -1.02. The fraction of sp³-hybridized carbons (Fsp3) is 0.625. The molecule has 2 rings (SSSR count). The van der Waals surface area contributed by atoms with Gasteiger partial charge in [-0.1, -0.05) is 38.3 Å². The average molecular weight is 246 g/mol. The van der Waals surface area contributed by atoms with Gasteiger partial charge >= 0.3 is 0 Å². The lowest BCUT2D eigenvalue weighted by molar-refractivity contribution is 0.179. The molecule has 0 saturated carbocycles. The summed E-state index contributed by atoms with van der Waals surface area (Å²) in [7, 11) is 0. The lowest BCUT2D eigenvalue weighted by Gasteiger charge is -2.34. The standard InChI is InChI=1S/C16H26N2/c1-3-4-5-7-13(2)18-11-10-15-14(12-18)8-6-9-16(15)17/h6,8-9,13H,3-5,7,10-12,17H2,1-2H3. The average Bonchev–Trinajstić information content (AvgIpc) is 2.39. The summed E-state index contributed by atoms with van der Waals surface area (Å²) in [5.74, 6) is 0. The molecule has 18 heavy (non-hydrogen) atoms. The highest BCUT2D eigenvalue weighted by Gasteiger charge is 2.21. The van der Waals surface area contributed by atoms with Crippen LogP contribution in [0.15, 0.2) is 18.2 Å². The maximum atomic E-state index is 6.04. The van der Waals surface area contributed by atoms with E-state index in [1.165, 1.54) is 36.8 Å². The Kier molecular flexibility index (Phi) is 4.65. The van der Waals surface area contributed by atoms with Gasteiger partial charge in [-0.05, 0) is 37.0 Å². The highest BCUT2D eigenvalue weighted by molar-refractivity contribution is 5.51. The third kappa shape index (κ3) is 3.05. The number of fused-ring (bicyclic) bond motifs is 1. The number of benzene rings is 1. The van der Waals surface area contributed by atoms with Crippen LogP contribution in [0.25, 0.3) is 0 Å². The number of nitrogens with zero attached hydrogens (tertiary/aromatic N) is 1. The van der Waals surface area contributed by atoms with Crippen LogP contribution in [0.1, 0.15) is 50.7 Å². The lowest BCUT2D eigenvalue weighted by atomic mass is 9.96. The Morgan fingerprint density at radius 3 is 2.94 bits per heavy atom. The molecular weight excluding hydrogens is 220 g/mol. The highest BCUT2D eigenvalue weighted by Crippen LogP contribution is 2.26. The van der Waals surface area contributed by atoms with Gasteiger partial charge in [0.25, 0.3) is 0 Å². The summed E-state index contributed by atoms with van der Waals surface area (Å²) >= 11 is 0. The smallest absolute Gasteiger partial charge is 0.0350 e. The first-order chi connectivity index (χ1) is 8.72. The van der Waals surface area contributed by atoms with E-state index in [0.717, 1.165) is 25.2 Å². The zero-order chi connectivity index (χ0) is 13.0. The number of hydrogen-bond donors (Lipinski definition) is 1. The molecule has 0 fully saturated rings. The van der Waals surface area contributed by atoms with Crippen LogP contribution in [0.3, 0.4) is 0 Å². The van der Waals surface area contributed by atoms with E-state index in [4.69, 9.17) is 5.73 Å². The molecule has 0 aliphatic carbocycles. The van der Waals surface area contributed by atoms with Gasteiger partial charge < -0.3 is 5.73 Å².